The van der Waals surface area contributed by atoms with Crippen LogP contribution in [-0.2, 0) is 19.6 Å². The maximum absolute atomic E-state index is 12.4. The summed E-state index contributed by atoms with van der Waals surface area (Å²) in [7, 11) is -1.64. The fourth-order valence-electron chi connectivity index (χ4n) is 2.42. The molecule has 0 aliphatic carbocycles. The summed E-state index contributed by atoms with van der Waals surface area (Å²) in [6.07, 6.45) is 1.03. The van der Waals surface area contributed by atoms with Crippen molar-refractivity contribution >= 4 is 21.8 Å². The van der Waals surface area contributed by atoms with Gasteiger partial charge >= 0.3 is 0 Å². The third-order valence-electron chi connectivity index (χ3n) is 3.87. The van der Waals surface area contributed by atoms with Crippen molar-refractivity contribution < 1.29 is 18.0 Å². The Labute approximate surface area is 126 Å². The van der Waals surface area contributed by atoms with Crippen molar-refractivity contribution in [2.24, 2.45) is 5.92 Å². The molecule has 1 heterocycles. The minimum absolute atomic E-state index is 0.0549. The van der Waals surface area contributed by atoms with Gasteiger partial charge in [0.2, 0.25) is 21.8 Å². The zero-order valence-corrected chi connectivity index (χ0v) is 13.8. The molecule has 21 heavy (non-hydrogen) atoms. The van der Waals surface area contributed by atoms with E-state index in [9.17, 15) is 18.0 Å². The van der Waals surface area contributed by atoms with E-state index in [0.717, 1.165) is 0 Å². The van der Waals surface area contributed by atoms with Gasteiger partial charge in [0.05, 0.1) is 12.3 Å². The number of amides is 2. The topological polar surface area (TPSA) is 86.8 Å². The molecule has 7 nitrogen and oxygen atoms in total. The first kappa shape index (κ1) is 17.9. The van der Waals surface area contributed by atoms with Crippen LogP contribution in [0.5, 0.6) is 0 Å². The number of hydrogen-bond acceptors (Lipinski definition) is 4. The molecule has 0 aromatic carbocycles. The van der Waals surface area contributed by atoms with E-state index in [2.05, 4.69) is 5.32 Å². The molecule has 1 saturated heterocycles. The number of carbonyl (C=O) groups excluding carboxylic acids is 2. The molecule has 1 aliphatic heterocycles. The number of nitrogens with one attached hydrogen (secondary N) is 1. The van der Waals surface area contributed by atoms with Gasteiger partial charge in [0, 0.05) is 32.6 Å². The lowest BCUT2D eigenvalue weighted by molar-refractivity contribution is -0.140. The number of hydrogen-bond donors (Lipinski definition) is 1. The summed E-state index contributed by atoms with van der Waals surface area (Å²) in [5.41, 5.74) is 0. The molecule has 1 rings (SSSR count). The van der Waals surface area contributed by atoms with Crippen molar-refractivity contribution in [2.75, 3.05) is 39.0 Å². The number of sulfonamides is 1. The van der Waals surface area contributed by atoms with Crippen molar-refractivity contribution in [2.45, 2.75) is 26.7 Å². The molecule has 1 fully saturated rings. The zero-order chi connectivity index (χ0) is 16.0. The summed E-state index contributed by atoms with van der Waals surface area (Å²) < 4.78 is 25.0. The summed E-state index contributed by atoms with van der Waals surface area (Å²) in [6, 6.07) is 0. The van der Waals surface area contributed by atoms with E-state index in [1.165, 1.54) is 16.3 Å². The maximum atomic E-state index is 12.4. The molecular weight excluding hydrogens is 294 g/mol. The summed E-state index contributed by atoms with van der Waals surface area (Å²) in [5, 5.41) is 2.50. The van der Waals surface area contributed by atoms with Crippen LogP contribution in [0.3, 0.4) is 0 Å². The highest BCUT2D eigenvalue weighted by molar-refractivity contribution is 7.89. The lowest BCUT2D eigenvalue weighted by Crippen LogP contribution is -2.47. The van der Waals surface area contributed by atoms with Crippen LogP contribution < -0.4 is 5.32 Å². The molecule has 0 unspecified atom stereocenters. The summed E-state index contributed by atoms with van der Waals surface area (Å²) in [4.78, 5) is 25.3. The van der Waals surface area contributed by atoms with E-state index in [1.807, 2.05) is 6.92 Å². The average Bonchev–Trinajstić information content (AvgIpc) is 2.51. The molecule has 0 bridgehead atoms. The van der Waals surface area contributed by atoms with Gasteiger partial charge in [-0.1, -0.05) is 0 Å². The van der Waals surface area contributed by atoms with Crippen LogP contribution >= 0.6 is 0 Å². The van der Waals surface area contributed by atoms with E-state index in [-0.39, 0.29) is 30.0 Å². The Kier molecular flexibility index (Phi) is 6.60. The minimum atomic E-state index is -3.17. The van der Waals surface area contributed by atoms with Gasteiger partial charge in [-0.3, -0.25) is 9.59 Å². The van der Waals surface area contributed by atoms with Crippen molar-refractivity contribution in [3.05, 3.63) is 0 Å². The van der Waals surface area contributed by atoms with E-state index in [1.54, 1.807) is 6.92 Å². The normalized spacial score (nSPS) is 17.5. The molecule has 0 radical (unpaired) electrons. The quantitative estimate of drug-likeness (QED) is 0.724. The first-order valence-electron chi connectivity index (χ1n) is 7.32. The molecular formula is C13H25N3O4S. The van der Waals surface area contributed by atoms with E-state index in [4.69, 9.17) is 0 Å². The lowest BCUT2D eigenvalue weighted by atomic mass is 9.96. The molecule has 0 aromatic rings. The molecule has 0 atom stereocenters. The van der Waals surface area contributed by atoms with Crippen LogP contribution in [0.1, 0.15) is 26.7 Å². The molecule has 0 spiro atoms. The molecule has 122 valence electrons. The Morgan fingerprint density at radius 3 is 2.24 bits per heavy atom. The average molecular weight is 319 g/mol. The Morgan fingerprint density at radius 1 is 1.24 bits per heavy atom. The predicted octanol–water partition coefficient (Wildman–Crippen LogP) is -0.357. The van der Waals surface area contributed by atoms with Crippen LogP contribution in [-0.4, -0.2) is 68.4 Å². The first-order chi connectivity index (χ1) is 9.85. The minimum Gasteiger partial charge on any atom is -0.358 e. The maximum Gasteiger partial charge on any atom is 0.239 e. The molecule has 0 aromatic heterocycles. The van der Waals surface area contributed by atoms with Gasteiger partial charge in [0.15, 0.2) is 0 Å². The Bertz CT molecular complexity index is 470. The number of likely N-dealkylation sites (N-methyl/N-ethyl adjacent to an activating group) is 2. The second kappa shape index (κ2) is 7.74. The van der Waals surface area contributed by atoms with Gasteiger partial charge in [-0.05, 0) is 26.7 Å². The second-order valence-corrected chi connectivity index (χ2v) is 7.36. The largest absolute Gasteiger partial charge is 0.358 e. The van der Waals surface area contributed by atoms with Crippen molar-refractivity contribution in [1.29, 1.82) is 0 Å². The fourth-order valence-corrected chi connectivity index (χ4v) is 3.55. The molecule has 8 heteroatoms. The monoisotopic (exact) mass is 319 g/mol. The van der Waals surface area contributed by atoms with E-state index >= 15 is 0 Å². The highest BCUT2D eigenvalue weighted by Crippen LogP contribution is 2.21. The van der Waals surface area contributed by atoms with Gasteiger partial charge in [-0.2, -0.15) is 0 Å². The lowest BCUT2D eigenvalue weighted by Gasteiger charge is -2.33. The van der Waals surface area contributed by atoms with Crippen LogP contribution in [0.15, 0.2) is 0 Å². The van der Waals surface area contributed by atoms with E-state index in [0.29, 0.717) is 32.5 Å². The predicted molar refractivity (Wildman–Crippen MR) is 80.1 cm³/mol. The first-order valence-corrected chi connectivity index (χ1v) is 8.93. The third-order valence-corrected chi connectivity index (χ3v) is 5.75. The second-order valence-electron chi connectivity index (χ2n) is 5.10. The number of carbonyl (C=O) groups is 2. The molecule has 1 N–H and O–H groups in total. The highest BCUT2D eigenvalue weighted by Gasteiger charge is 2.32. The molecule has 2 amide bonds. The molecule has 0 saturated carbocycles. The van der Waals surface area contributed by atoms with Crippen LogP contribution in [0.2, 0.25) is 0 Å². The standard InChI is InChI=1S/C13H25N3O4S/c1-4-15(10-12(17)14-3)13(18)11-6-8-16(9-7-11)21(19,20)5-2/h11H,4-10H2,1-3H3,(H,14,17). The van der Waals surface area contributed by atoms with Gasteiger partial charge in [-0.25, -0.2) is 12.7 Å². The van der Waals surface area contributed by atoms with Crippen LogP contribution in [0.25, 0.3) is 0 Å². The number of piperidine rings is 1. The summed E-state index contributed by atoms with van der Waals surface area (Å²) >= 11 is 0. The van der Waals surface area contributed by atoms with Gasteiger partial charge in [0.1, 0.15) is 0 Å². The highest BCUT2D eigenvalue weighted by atomic mass is 32.2. The number of nitrogens with zero attached hydrogens (tertiary/aromatic N) is 2. The van der Waals surface area contributed by atoms with Crippen LogP contribution in [0.4, 0.5) is 0 Å². The van der Waals surface area contributed by atoms with Crippen molar-refractivity contribution in [3.8, 4) is 0 Å². The Morgan fingerprint density at radius 2 is 1.81 bits per heavy atom. The Balaban J connectivity index is 2.60. The van der Waals surface area contributed by atoms with E-state index < -0.39 is 10.0 Å². The molecule has 1 aliphatic rings. The smallest absolute Gasteiger partial charge is 0.239 e. The van der Waals surface area contributed by atoms with Gasteiger partial charge < -0.3 is 10.2 Å². The van der Waals surface area contributed by atoms with Crippen molar-refractivity contribution in [3.63, 3.8) is 0 Å². The number of rotatable bonds is 6. The zero-order valence-electron chi connectivity index (χ0n) is 13.0. The third kappa shape index (κ3) is 4.67. The Hall–Kier alpha value is -1.15. The fraction of sp³-hybridized carbons (Fsp3) is 0.846. The van der Waals surface area contributed by atoms with Gasteiger partial charge in [-0.15, -0.1) is 0 Å². The van der Waals surface area contributed by atoms with Crippen molar-refractivity contribution in [1.82, 2.24) is 14.5 Å². The summed E-state index contributed by atoms with van der Waals surface area (Å²) in [6.45, 7) is 4.74. The van der Waals surface area contributed by atoms with Gasteiger partial charge in [0.25, 0.3) is 0 Å². The summed E-state index contributed by atoms with van der Waals surface area (Å²) in [5.74, 6) is -0.368. The van der Waals surface area contributed by atoms with Crippen LogP contribution in [0, 0.1) is 5.92 Å². The SMILES string of the molecule is CCN(CC(=O)NC)C(=O)C1CCN(S(=O)(=O)CC)CC1.